The SMILES string of the molecule is CCOC(=O)C1=C(C)NC(=S)N[C@H]1c1cc(Br)ccc1OCc1ccccc1. The number of nitrogens with one attached hydrogen (secondary N) is 2. The van der Waals surface area contributed by atoms with E-state index >= 15 is 0 Å². The van der Waals surface area contributed by atoms with E-state index in [1.165, 1.54) is 0 Å². The summed E-state index contributed by atoms with van der Waals surface area (Å²) in [7, 11) is 0. The molecule has 0 spiro atoms. The second-order valence-corrected chi connectivity index (χ2v) is 7.57. The molecule has 0 amide bonds. The molecule has 0 unspecified atom stereocenters. The van der Waals surface area contributed by atoms with Crippen molar-refractivity contribution in [3.8, 4) is 5.75 Å². The summed E-state index contributed by atoms with van der Waals surface area (Å²) in [6.07, 6.45) is 0. The van der Waals surface area contributed by atoms with Gasteiger partial charge in [-0.25, -0.2) is 4.79 Å². The summed E-state index contributed by atoms with van der Waals surface area (Å²) in [5, 5.41) is 6.63. The number of hydrogen-bond donors (Lipinski definition) is 2. The Morgan fingerprint density at radius 2 is 1.96 bits per heavy atom. The van der Waals surface area contributed by atoms with Gasteiger partial charge in [0.2, 0.25) is 0 Å². The maximum atomic E-state index is 12.6. The maximum absolute atomic E-state index is 12.6. The van der Waals surface area contributed by atoms with Gasteiger partial charge in [0, 0.05) is 15.7 Å². The molecule has 0 saturated carbocycles. The number of halogens is 1. The smallest absolute Gasteiger partial charge is 0.338 e. The van der Waals surface area contributed by atoms with Gasteiger partial charge in [0.05, 0.1) is 18.2 Å². The molecule has 0 radical (unpaired) electrons. The van der Waals surface area contributed by atoms with Crippen LogP contribution in [0.3, 0.4) is 0 Å². The van der Waals surface area contributed by atoms with E-state index in [4.69, 9.17) is 21.7 Å². The van der Waals surface area contributed by atoms with Crippen molar-refractivity contribution in [3.05, 3.63) is 75.4 Å². The number of ether oxygens (including phenoxy) is 2. The van der Waals surface area contributed by atoms with E-state index in [-0.39, 0.29) is 5.97 Å². The Labute approximate surface area is 178 Å². The van der Waals surface area contributed by atoms with Gasteiger partial charge in [-0.15, -0.1) is 0 Å². The lowest BCUT2D eigenvalue weighted by atomic mass is 9.95. The third-order valence-electron chi connectivity index (χ3n) is 4.28. The topological polar surface area (TPSA) is 59.6 Å². The molecule has 2 aromatic carbocycles. The summed E-state index contributed by atoms with van der Waals surface area (Å²) in [4.78, 5) is 12.6. The van der Waals surface area contributed by atoms with Crippen LogP contribution < -0.4 is 15.4 Å². The van der Waals surface area contributed by atoms with Crippen LogP contribution in [-0.2, 0) is 16.1 Å². The second-order valence-electron chi connectivity index (χ2n) is 6.25. The van der Waals surface area contributed by atoms with Gasteiger partial charge < -0.3 is 20.1 Å². The lowest BCUT2D eigenvalue weighted by Gasteiger charge is -2.31. The first-order chi connectivity index (χ1) is 13.5. The minimum atomic E-state index is -0.476. The average molecular weight is 461 g/mol. The molecule has 0 aliphatic carbocycles. The van der Waals surface area contributed by atoms with Gasteiger partial charge in [-0.05, 0) is 49.8 Å². The maximum Gasteiger partial charge on any atom is 0.338 e. The Balaban J connectivity index is 1.97. The fourth-order valence-corrected chi connectivity index (χ4v) is 3.67. The summed E-state index contributed by atoms with van der Waals surface area (Å²) < 4.78 is 12.2. The lowest BCUT2D eigenvalue weighted by molar-refractivity contribution is -0.139. The number of rotatable bonds is 6. The third kappa shape index (κ3) is 4.72. The number of carbonyl (C=O) groups excluding carboxylic acids is 1. The number of carbonyl (C=O) groups is 1. The molecule has 7 heteroatoms. The van der Waals surface area contributed by atoms with Gasteiger partial charge in [0.1, 0.15) is 12.4 Å². The first-order valence-electron chi connectivity index (χ1n) is 8.91. The predicted molar refractivity (Wildman–Crippen MR) is 116 cm³/mol. The summed E-state index contributed by atoms with van der Waals surface area (Å²) in [5.41, 5.74) is 3.01. The highest BCUT2D eigenvalue weighted by molar-refractivity contribution is 9.10. The molecule has 1 atom stereocenters. The van der Waals surface area contributed by atoms with E-state index in [0.717, 1.165) is 15.6 Å². The molecule has 0 saturated heterocycles. The lowest BCUT2D eigenvalue weighted by Crippen LogP contribution is -2.45. The summed E-state index contributed by atoms with van der Waals surface area (Å²) >= 11 is 8.83. The number of hydrogen-bond acceptors (Lipinski definition) is 4. The molecule has 2 N–H and O–H groups in total. The molecule has 3 rings (SSSR count). The average Bonchev–Trinajstić information content (AvgIpc) is 2.67. The van der Waals surface area contributed by atoms with Crippen molar-refractivity contribution in [2.75, 3.05) is 6.61 Å². The molecule has 28 heavy (non-hydrogen) atoms. The number of esters is 1. The highest BCUT2D eigenvalue weighted by Gasteiger charge is 2.32. The van der Waals surface area contributed by atoms with Gasteiger partial charge >= 0.3 is 5.97 Å². The highest BCUT2D eigenvalue weighted by Crippen LogP contribution is 2.35. The monoisotopic (exact) mass is 460 g/mol. The zero-order valence-electron chi connectivity index (χ0n) is 15.6. The molecule has 1 heterocycles. The summed E-state index contributed by atoms with van der Waals surface area (Å²) in [5.74, 6) is 0.283. The number of allylic oxidation sites excluding steroid dienone is 1. The fourth-order valence-electron chi connectivity index (χ4n) is 3.02. The van der Waals surface area contributed by atoms with Crippen LogP contribution in [0.5, 0.6) is 5.75 Å². The van der Waals surface area contributed by atoms with Crippen molar-refractivity contribution in [1.29, 1.82) is 0 Å². The van der Waals surface area contributed by atoms with Crippen molar-refractivity contribution in [1.82, 2.24) is 10.6 Å². The van der Waals surface area contributed by atoms with Gasteiger partial charge in [0.25, 0.3) is 0 Å². The first-order valence-corrected chi connectivity index (χ1v) is 10.1. The molecule has 2 aromatic rings. The number of benzene rings is 2. The molecule has 1 aliphatic rings. The van der Waals surface area contributed by atoms with Crippen LogP contribution in [0.25, 0.3) is 0 Å². The Bertz CT molecular complexity index is 915. The van der Waals surface area contributed by atoms with Crippen molar-refractivity contribution in [2.45, 2.75) is 26.5 Å². The standard InChI is InChI=1S/C21H21BrN2O3S/c1-3-26-20(25)18-13(2)23-21(28)24-19(18)16-11-15(22)9-10-17(16)27-12-14-7-5-4-6-8-14/h4-11,19H,3,12H2,1-2H3,(H2,23,24,28)/t19-/m0/s1. The predicted octanol–water partition coefficient (Wildman–Crippen LogP) is 4.38. The van der Waals surface area contributed by atoms with Crippen LogP contribution >= 0.6 is 28.1 Å². The molecule has 0 fully saturated rings. The van der Waals surface area contributed by atoms with Crippen LogP contribution in [0.2, 0.25) is 0 Å². The molecular weight excluding hydrogens is 440 g/mol. The fraction of sp³-hybridized carbons (Fsp3) is 0.238. The zero-order chi connectivity index (χ0) is 20.1. The van der Waals surface area contributed by atoms with Gasteiger partial charge in [-0.3, -0.25) is 0 Å². The second kappa shape index (κ2) is 9.21. The largest absolute Gasteiger partial charge is 0.489 e. The van der Waals surface area contributed by atoms with E-state index in [0.29, 0.717) is 35.3 Å². The molecule has 1 aliphatic heterocycles. The molecule has 0 aromatic heterocycles. The first kappa shape index (κ1) is 20.4. The molecule has 5 nitrogen and oxygen atoms in total. The van der Waals surface area contributed by atoms with Crippen LogP contribution in [0.15, 0.2) is 64.3 Å². The minimum absolute atomic E-state index is 0.294. The van der Waals surface area contributed by atoms with E-state index in [1.54, 1.807) is 6.92 Å². The quantitative estimate of drug-likeness (QED) is 0.492. The van der Waals surface area contributed by atoms with E-state index in [2.05, 4.69) is 26.6 Å². The van der Waals surface area contributed by atoms with Crippen molar-refractivity contribution < 1.29 is 14.3 Å². The molecular formula is C21H21BrN2O3S. The summed E-state index contributed by atoms with van der Waals surface area (Å²) in [6.45, 7) is 4.31. The number of thiocarbonyl (C=S) groups is 1. The Morgan fingerprint density at radius 1 is 1.21 bits per heavy atom. The van der Waals surface area contributed by atoms with Gasteiger partial charge in [-0.2, -0.15) is 0 Å². The zero-order valence-corrected chi connectivity index (χ0v) is 18.0. The summed E-state index contributed by atoms with van der Waals surface area (Å²) in [6, 6.07) is 15.2. The van der Waals surface area contributed by atoms with Gasteiger partial charge in [0.15, 0.2) is 5.11 Å². The Hall–Kier alpha value is -2.38. The highest BCUT2D eigenvalue weighted by atomic mass is 79.9. The van der Waals surface area contributed by atoms with Crippen LogP contribution in [0.1, 0.15) is 31.0 Å². The Morgan fingerprint density at radius 3 is 2.68 bits per heavy atom. The van der Waals surface area contributed by atoms with Crippen molar-refractivity contribution in [2.24, 2.45) is 0 Å². The van der Waals surface area contributed by atoms with Gasteiger partial charge in [-0.1, -0.05) is 46.3 Å². The normalized spacial score (nSPS) is 16.2. The van der Waals surface area contributed by atoms with Crippen molar-refractivity contribution in [3.63, 3.8) is 0 Å². The van der Waals surface area contributed by atoms with Crippen LogP contribution in [-0.4, -0.2) is 17.7 Å². The van der Waals surface area contributed by atoms with Crippen molar-refractivity contribution >= 4 is 39.2 Å². The molecule has 0 bridgehead atoms. The van der Waals surface area contributed by atoms with Crippen LogP contribution in [0, 0.1) is 0 Å². The Kier molecular flexibility index (Phi) is 6.70. The van der Waals surface area contributed by atoms with E-state index in [1.807, 2.05) is 55.5 Å². The molecule has 146 valence electrons. The van der Waals surface area contributed by atoms with Crippen LogP contribution in [0.4, 0.5) is 0 Å². The minimum Gasteiger partial charge on any atom is -0.489 e. The van der Waals surface area contributed by atoms with E-state index in [9.17, 15) is 4.79 Å². The van der Waals surface area contributed by atoms with E-state index < -0.39 is 6.04 Å². The third-order valence-corrected chi connectivity index (χ3v) is 5.00.